The minimum Gasteiger partial charge on any atom is -0.368 e. The second-order valence-electron chi connectivity index (χ2n) is 10.4. The summed E-state index contributed by atoms with van der Waals surface area (Å²) in [7, 11) is 3.88. The molecule has 0 spiro atoms. The SMILES string of the molecule is CC(=O)N1CCN(c2ccc(Nc3ncc4cccc(-c5cccc(NC(=O)C=CCN(C)C)c5Cl)c4n3)cc2)CC1. The topological polar surface area (TPSA) is 93.7 Å². The van der Waals surface area contributed by atoms with Gasteiger partial charge in [0, 0.05) is 79.8 Å². The average molecular weight is 584 g/mol. The predicted octanol–water partition coefficient (Wildman–Crippen LogP) is 5.42. The van der Waals surface area contributed by atoms with Crippen LogP contribution < -0.4 is 15.5 Å². The molecule has 0 bridgehead atoms. The number of piperazine rings is 1. The van der Waals surface area contributed by atoms with Crippen LogP contribution in [0.4, 0.5) is 23.0 Å². The number of carbonyl (C=O) groups is 2. The quantitative estimate of drug-likeness (QED) is 0.268. The lowest BCUT2D eigenvalue weighted by Gasteiger charge is -2.35. The normalized spacial score (nSPS) is 13.6. The molecular weight excluding hydrogens is 550 g/mol. The molecule has 5 rings (SSSR count). The average Bonchev–Trinajstić information content (AvgIpc) is 2.98. The van der Waals surface area contributed by atoms with Crippen molar-refractivity contribution in [1.29, 1.82) is 0 Å². The molecule has 3 aromatic carbocycles. The number of aromatic nitrogens is 2. The van der Waals surface area contributed by atoms with Crippen molar-refractivity contribution in [3.8, 4) is 11.1 Å². The summed E-state index contributed by atoms with van der Waals surface area (Å²) in [5, 5.41) is 7.50. The third kappa shape index (κ3) is 6.87. The van der Waals surface area contributed by atoms with E-state index in [0.29, 0.717) is 23.2 Å². The Bertz CT molecular complexity index is 1610. The molecule has 0 atom stereocenters. The van der Waals surface area contributed by atoms with E-state index in [2.05, 4.69) is 32.7 Å². The first-order valence-corrected chi connectivity index (χ1v) is 14.2. The number of anilines is 4. The molecule has 42 heavy (non-hydrogen) atoms. The highest BCUT2D eigenvalue weighted by Crippen LogP contribution is 2.37. The van der Waals surface area contributed by atoms with Crippen LogP contribution in [0.25, 0.3) is 22.0 Å². The van der Waals surface area contributed by atoms with Crippen LogP contribution in [-0.4, -0.2) is 78.4 Å². The van der Waals surface area contributed by atoms with Crippen molar-refractivity contribution in [3.05, 3.63) is 84.0 Å². The number of nitrogens with zero attached hydrogens (tertiary/aromatic N) is 5. The number of rotatable bonds is 8. The Hall–Kier alpha value is -4.47. The van der Waals surface area contributed by atoms with E-state index >= 15 is 0 Å². The van der Waals surface area contributed by atoms with Gasteiger partial charge >= 0.3 is 0 Å². The van der Waals surface area contributed by atoms with Gasteiger partial charge in [0.2, 0.25) is 17.8 Å². The molecule has 1 aliphatic rings. The van der Waals surface area contributed by atoms with Crippen molar-refractivity contribution in [2.24, 2.45) is 0 Å². The van der Waals surface area contributed by atoms with Gasteiger partial charge < -0.3 is 25.3 Å². The Balaban J connectivity index is 1.34. The van der Waals surface area contributed by atoms with Crippen molar-refractivity contribution in [2.45, 2.75) is 6.92 Å². The molecule has 1 aliphatic heterocycles. The maximum atomic E-state index is 12.5. The zero-order chi connectivity index (χ0) is 29.6. The van der Waals surface area contributed by atoms with Gasteiger partial charge in [-0.2, -0.15) is 0 Å². The summed E-state index contributed by atoms with van der Waals surface area (Å²) in [6, 6.07) is 19.5. The van der Waals surface area contributed by atoms with E-state index < -0.39 is 0 Å². The Labute approximate surface area is 250 Å². The summed E-state index contributed by atoms with van der Waals surface area (Å²) < 4.78 is 0. The lowest BCUT2D eigenvalue weighted by Crippen LogP contribution is -2.48. The summed E-state index contributed by atoms with van der Waals surface area (Å²) in [5.41, 5.74) is 4.84. The molecule has 216 valence electrons. The Kier molecular flexibility index (Phi) is 9.00. The standard InChI is InChI=1S/C32H34ClN7O2/c1-22(41)39-17-19-40(20-18-39)25-14-12-24(13-15-25)35-32-34-21-23-7-4-9-27(31(23)37-32)26-8-5-10-28(30(26)33)36-29(42)11-6-16-38(2)3/h4-15,21H,16-20H2,1-3H3,(H,36,42)(H,34,35,37). The first-order chi connectivity index (χ1) is 20.3. The van der Waals surface area contributed by atoms with Crippen LogP contribution in [-0.2, 0) is 9.59 Å². The van der Waals surface area contributed by atoms with Gasteiger partial charge in [0.25, 0.3) is 0 Å². The number of hydrogen-bond acceptors (Lipinski definition) is 7. The molecule has 1 aromatic heterocycles. The van der Waals surface area contributed by atoms with Crippen molar-refractivity contribution < 1.29 is 9.59 Å². The number of carbonyl (C=O) groups excluding carboxylic acids is 2. The molecule has 0 saturated carbocycles. The van der Waals surface area contributed by atoms with Crippen LogP contribution in [0.15, 0.2) is 79.0 Å². The van der Waals surface area contributed by atoms with E-state index in [1.165, 1.54) is 6.08 Å². The van der Waals surface area contributed by atoms with E-state index in [4.69, 9.17) is 16.6 Å². The minimum absolute atomic E-state index is 0.123. The van der Waals surface area contributed by atoms with Gasteiger partial charge in [-0.3, -0.25) is 9.59 Å². The lowest BCUT2D eigenvalue weighted by molar-refractivity contribution is -0.129. The number of likely N-dealkylation sites (N-methyl/N-ethyl adjacent to an activating group) is 1. The zero-order valence-electron chi connectivity index (χ0n) is 24.0. The first kappa shape index (κ1) is 29.0. The molecule has 0 aliphatic carbocycles. The van der Waals surface area contributed by atoms with Crippen LogP contribution >= 0.6 is 11.6 Å². The van der Waals surface area contributed by atoms with E-state index in [0.717, 1.165) is 59.6 Å². The molecule has 0 unspecified atom stereocenters. The highest BCUT2D eigenvalue weighted by molar-refractivity contribution is 6.37. The third-order valence-electron chi connectivity index (χ3n) is 7.11. The maximum Gasteiger partial charge on any atom is 0.248 e. The van der Waals surface area contributed by atoms with Crippen LogP contribution in [0.3, 0.4) is 0 Å². The molecule has 2 N–H and O–H groups in total. The van der Waals surface area contributed by atoms with Gasteiger partial charge in [0.1, 0.15) is 0 Å². The number of amides is 2. The number of benzene rings is 3. The summed E-state index contributed by atoms with van der Waals surface area (Å²) >= 11 is 6.81. The fraction of sp³-hybridized carbons (Fsp3) is 0.250. The van der Waals surface area contributed by atoms with E-state index in [1.54, 1.807) is 25.3 Å². The second-order valence-corrected chi connectivity index (χ2v) is 10.8. The Morgan fingerprint density at radius 3 is 2.40 bits per heavy atom. The molecule has 1 fully saturated rings. The minimum atomic E-state index is -0.244. The first-order valence-electron chi connectivity index (χ1n) is 13.8. The monoisotopic (exact) mass is 583 g/mol. The van der Waals surface area contributed by atoms with Gasteiger partial charge in [0.15, 0.2) is 0 Å². The number of nitrogens with one attached hydrogen (secondary N) is 2. The molecule has 2 heterocycles. The summed E-state index contributed by atoms with van der Waals surface area (Å²) in [6.07, 6.45) is 5.09. The van der Waals surface area contributed by atoms with Crippen molar-refractivity contribution in [1.82, 2.24) is 19.8 Å². The fourth-order valence-corrected chi connectivity index (χ4v) is 5.15. The second kappa shape index (κ2) is 13.0. The number of halogens is 1. The molecule has 2 amide bonds. The molecule has 1 saturated heterocycles. The van der Waals surface area contributed by atoms with Crippen molar-refractivity contribution in [3.63, 3.8) is 0 Å². The Morgan fingerprint density at radius 2 is 1.69 bits per heavy atom. The van der Waals surface area contributed by atoms with Crippen LogP contribution in [0.5, 0.6) is 0 Å². The smallest absolute Gasteiger partial charge is 0.248 e. The van der Waals surface area contributed by atoms with Crippen LogP contribution in [0, 0.1) is 0 Å². The summed E-state index contributed by atoms with van der Waals surface area (Å²) in [5.74, 6) is 0.342. The van der Waals surface area contributed by atoms with E-state index in [9.17, 15) is 9.59 Å². The van der Waals surface area contributed by atoms with Gasteiger partial charge in [-0.15, -0.1) is 0 Å². The summed E-state index contributed by atoms with van der Waals surface area (Å²) in [4.78, 5) is 39.6. The van der Waals surface area contributed by atoms with Crippen molar-refractivity contribution >= 4 is 57.3 Å². The van der Waals surface area contributed by atoms with E-state index in [-0.39, 0.29) is 11.8 Å². The molecule has 10 heteroatoms. The largest absolute Gasteiger partial charge is 0.368 e. The molecule has 0 radical (unpaired) electrons. The number of para-hydroxylation sites is 1. The Morgan fingerprint density at radius 1 is 0.976 bits per heavy atom. The molecule has 4 aromatic rings. The van der Waals surface area contributed by atoms with Gasteiger partial charge in [-0.25, -0.2) is 9.97 Å². The number of hydrogen-bond donors (Lipinski definition) is 2. The fourth-order valence-electron chi connectivity index (χ4n) is 4.88. The highest BCUT2D eigenvalue weighted by Gasteiger charge is 2.19. The molecule has 9 nitrogen and oxygen atoms in total. The lowest BCUT2D eigenvalue weighted by atomic mass is 10.0. The van der Waals surface area contributed by atoms with Gasteiger partial charge in [0.05, 0.1) is 16.2 Å². The maximum absolute atomic E-state index is 12.5. The van der Waals surface area contributed by atoms with Crippen LogP contribution in [0.2, 0.25) is 5.02 Å². The third-order valence-corrected chi connectivity index (χ3v) is 7.52. The molecular formula is C32H34ClN7O2. The van der Waals surface area contributed by atoms with E-state index in [1.807, 2.05) is 66.4 Å². The zero-order valence-corrected chi connectivity index (χ0v) is 24.7. The number of fused-ring (bicyclic) bond motifs is 1. The van der Waals surface area contributed by atoms with Crippen molar-refractivity contribution in [2.75, 3.05) is 62.4 Å². The highest BCUT2D eigenvalue weighted by atomic mass is 35.5. The van der Waals surface area contributed by atoms with Crippen LogP contribution in [0.1, 0.15) is 6.92 Å². The predicted molar refractivity (Wildman–Crippen MR) is 170 cm³/mol. The van der Waals surface area contributed by atoms with Gasteiger partial charge in [-0.1, -0.05) is 48.0 Å². The summed E-state index contributed by atoms with van der Waals surface area (Å²) in [6.45, 7) is 5.36. The van der Waals surface area contributed by atoms with Gasteiger partial charge in [-0.05, 0) is 44.4 Å².